The highest BCUT2D eigenvalue weighted by molar-refractivity contribution is 7.85. The van der Waals surface area contributed by atoms with Crippen molar-refractivity contribution in [2.75, 3.05) is 6.61 Å². The summed E-state index contributed by atoms with van der Waals surface area (Å²) in [6, 6.07) is 0. The van der Waals surface area contributed by atoms with Crippen molar-refractivity contribution in [3.05, 3.63) is 0 Å². The van der Waals surface area contributed by atoms with Gasteiger partial charge in [-0.1, -0.05) is 0 Å². The van der Waals surface area contributed by atoms with E-state index in [2.05, 4.69) is 0 Å². The average molecular weight is 402 g/mol. The molecule has 0 spiro atoms. The van der Waals surface area contributed by atoms with Crippen molar-refractivity contribution < 1.29 is 65.5 Å². The topological polar surface area (TPSA) is 249 Å². The first-order chi connectivity index (χ1) is 11.7. The molecule has 1 unspecified atom stereocenters. The molecule has 5 fully saturated rings. The smallest absolute Gasteiger partial charge is 0.231 e. The Morgan fingerprint density at radius 1 is 0.808 bits per heavy atom. The SMILES string of the molecule is O=P12[C@@]3(O)[C@@]1(O)[C@](O)([C@]1(O)O[C@H](CO)[C@@H](O)[C@H](O)[C@@H]1O)[C@@H](O)[C@@H](O)[C@]32O. The minimum atomic E-state index is -4.64. The quantitative estimate of drug-likeness (QED) is 0.192. The Labute approximate surface area is 144 Å². The van der Waals surface area contributed by atoms with Crippen molar-refractivity contribution in [3.8, 4) is 0 Å². The Morgan fingerprint density at radius 3 is 1.77 bits per heavy atom. The number of hydrogen-bond acceptors (Lipinski definition) is 13. The third-order valence-corrected chi connectivity index (χ3v) is 10.7. The highest BCUT2D eigenvalue weighted by Gasteiger charge is 3.24. The second kappa shape index (κ2) is 4.49. The molecule has 150 valence electrons. The van der Waals surface area contributed by atoms with E-state index in [9.17, 15) is 60.7 Å². The van der Waals surface area contributed by atoms with Gasteiger partial charge >= 0.3 is 0 Å². The molecule has 4 aliphatic heterocycles. The number of hydrogen-bond donors (Lipinski definition) is 11. The van der Waals surface area contributed by atoms with Gasteiger partial charge in [0, 0.05) is 0 Å². The minimum Gasteiger partial charge on any atom is -0.394 e. The van der Waals surface area contributed by atoms with E-state index >= 15 is 0 Å². The van der Waals surface area contributed by atoms with Crippen LogP contribution in [0.2, 0.25) is 0 Å². The van der Waals surface area contributed by atoms with Crippen LogP contribution < -0.4 is 0 Å². The summed E-state index contributed by atoms with van der Waals surface area (Å²) >= 11 is 0. The third kappa shape index (κ3) is 1.24. The molecule has 0 radical (unpaired) electrons. The maximum Gasteiger partial charge on any atom is 0.231 e. The standard InChI is InChI=1S/C12H19O13P/c13-1-2-3(14)4(15)5(16)9(20,25-2)8(19)6(17)7(18)10(21)12(23)11(8,22)26(10,12)24/h2-7,13-23H,1H2/t2-,3-,4+,5+,6+,7-,8-,9-,10-,11-,12-,26?/m1/s1. The van der Waals surface area contributed by atoms with Crippen LogP contribution in [-0.2, 0) is 9.30 Å². The molecule has 0 aromatic rings. The summed E-state index contributed by atoms with van der Waals surface area (Å²) in [6.07, 6.45) is -14.0. The summed E-state index contributed by atoms with van der Waals surface area (Å²) in [4.78, 5) is 0. The van der Waals surface area contributed by atoms with Crippen molar-refractivity contribution >= 4 is 7.14 Å². The fourth-order valence-electron chi connectivity index (χ4n) is 4.84. The van der Waals surface area contributed by atoms with Crippen molar-refractivity contribution in [2.45, 2.75) is 64.0 Å². The van der Waals surface area contributed by atoms with E-state index in [0.29, 0.717) is 0 Å². The Kier molecular flexibility index (Phi) is 3.30. The maximum absolute atomic E-state index is 12.7. The van der Waals surface area contributed by atoms with Gasteiger partial charge in [0.25, 0.3) is 0 Å². The molecular formula is C12H19O13P. The van der Waals surface area contributed by atoms with Crippen LogP contribution in [0.3, 0.4) is 0 Å². The van der Waals surface area contributed by atoms with E-state index in [-0.39, 0.29) is 0 Å². The Bertz CT molecular complexity index is 732. The van der Waals surface area contributed by atoms with Crippen LogP contribution in [0.25, 0.3) is 0 Å². The molecule has 11 N–H and O–H groups in total. The number of aliphatic hydroxyl groups is 11. The summed E-state index contributed by atoms with van der Waals surface area (Å²) in [6.45, 7) is -1.06. The van der Waals surface area contributed by atoms with Crippen LogP contribution in [0.15, 0.2) is 0 Å². The second-order valence-corrected chi connectivity index (χ2v) is 10.5. The fraction of sp³-hybridized carbons (Fsp3) is 1.00. The van der Waals surface area contributed by atoms with Gasteiger partial charge < -0.3 is 65.5 Å². The number of rotatable bonds is 2. The lowest BCUT2D eigenvalue weighted by Gasteiger charge is -2.60. The summed E-state index contributed by atoms with van der Waals surface area (Å²) in [5, 5.41) is 103. The van der Waals surface area contributed by atoms with Gasteiger partial charge in [-0.15, -0.1) is 0 Å². The van der Waals surface area contributed by atoms with Gasteiger partial charge in [0.05, 0.1) is 6.61 Å². The van der Waals surface area contributed by atoms with Crippen molar-refractivity contribution in [1.82, 2.24) is 0 Å². The van der Waals surface area contributed by atoms with Crippen molar-refractivity contribution in [2.24, 2.45) is 0 Å². The van der Waals surface area contributed by atoms with Gasteiger partial charge in [-0.2, -0.15) is 0 Å². The van der Waals surface area contributed by atoms with Gasteiger partial charge in [-0.05, 0) is 0 Å². The van der Waals surface area contributed by atoms with Gasteiger partial charge in [0.1, 0.15) is 36.6 Å². The highest BCUT2D eigenvalue weighted by atomic mass is 31.2. The summed E-state index contributed by atoms with van der Waals surface area (Å²) in [5.41, 5.74) is -3.68. The molecule has 14 heteroatoms. The first kappa shape index (κ1) is 19.1. The van der Waals surface area contributed by atoms with Crippen LogP contribution in [0.1, 0.15) is 0 Å². The van der Waals surface area contributed by atoms with Crippen LogP contribution in [0, 0.1) is 0 Å². The van der Waals surface area contributed by atoms with Gasteiger partial charge in [-0.25, -0.2) is 0 Å². The molecule has 5 aliphatic rings. The molecule has 1 aliphatic carbocycles. The second-order valence-electron chi connectivity index (χ2n) is 7.30. The van der Waals surface area contributed by atoms with Gasteiger partial charge in [-0.3, -0.25) is 0 Å². The Balaban J connectivity index is 1.88. The molecule has 0 amide bonds. The molecule has 0 aromatic carbocycles. The average Bonchev–Trinajstić information content (AvgIpc) is 3.25. The zero-order chi connectivity index (χ0) is 19.9. The molecule has 0 aromatic heterocycles. The zero-order valence-electron chi connectivity index (χ0n) is 12.9. The van der Waals surface area contributed by atoms with Crippen molar-refractivity contribution in [1.29, 1.82) is 0 Å². The lowest BCUT2D eigenvalue weighted by atomic mass is 9.66. The summed E-state index contributed by atoms with van der Waals surface area (Å²) < 4.78 is 17.5. The molecule has 4 saturated heterocycles. The number of fused-ring (bicyclic) bond motifs is 2. The molecule has 26 heavy (non-hydrogen) atoms. The lowest BCUT2D eigenvalue weighted by Crippen LogP contribution is -2.87. The predicted molar refractivity (Wildman–Crippen MR) is 74.3 cm³/mol. The first-order valence-electron chi connectivity index (χ1n) is 7.63. The summed E-state index contributed by atoms with van der Waals surface area (Å²) in [5.74, 6) is -3.62. The predicted octanol–water partition coefficient (Wildman–Crippen LogP) is -6.93. The monoisotopic (exact) mass is 402 g/mol. The van der Waals surface area contributed by atoms with Crippen LogP contribution in [0.4, 0.5) is 0 Å². The summed E-state index contributed by atoms with van der Waals surface area (Å²) in [7, 11) is -4.64. The van der Waals surface area contributed by atoms with E-state index in [0.717, 1.165) is 0 Å². The fourth-order valence-corrected chi connectivity index (χ4v) is 9.45. The molecule has 4 heterocycles. The maximum atomic E-state index is 12.7. The highest BCUT2D eigenvalue weighted by Crippen LogP contribution is 3.15. The third-order valence-electron chi connectivity index (χ3n) is 6.47. The molecule has 1 saturated carbocycles. The minimum absolute atomic E-state index is 1.06. The molecule has 2 bridgehead atoms. The number of ether oxygens (including phenoxy) is 1. The largest absolute Gasteiger partial charge is 0.394 e. The lowest BCUT2D eigenvalue weighted by molar-refractivity contribution is -0.445. The van der Waals surface area contributed by atoms with E-state index in [4.69, 9.17) is 4.74 Å². The molecule has 12 atom stereocenters. The Morgan fingerprint density at radius 2 is 1.31 bits per heavy atom. The van der Waals surface area contributed by atoms with E-state index in [1.165, 1.54) is 0 Å². The van der Waals surface area contributed by atoms with Crippen LogP contribution >= 0.6 is 7.14 Å². The first-order valence-corrected chi connectivity index (χ1v) is 9.33. The number of aliphatic hydroxyl groups excluding tert-OH is 6. The van der Waals surface area contributed by atoms with Crippen molar-refractivity contribution in [3.63, 3.8) is 0 Å². The molecule has 5 rings (SSSR count). The van der Waals surface area contributed by atoms with Crippen LogP contribution in [0.5, 0.6) is 0 Å². The van der Waals surface area contributed by atoms with E-state index in [1.54, 1.807) is 0 Å². The van der Waals surface area contributed by atoms with Crippen LogP contribution in [-0.4, -0.2) is 127 Å². The normalized spacial score (nSPS) is 72.0. The van der Waals surface area contributed by atoms with Gasteiger partial charge in [0.15, 0.2) is 23.4 Å². The molecular weight excluding hydrogens is 383 g/mol. The van der Waals surface area contributed by atoms with Gasteiger partial charge in [0.2, 0.25) is 11.1 Å². The Hall–Kier alpha value is -0.250. The zero-order valence-corrected chi connectivity index (χ0v) is 13.7. The molecule has 13 nitrogen and oxygen atoms in total. The van der Waals surface area contributed by atoms with E-state index in [1.807, 2.05) is 0 Å². The van der Waals surface area contributed by atoms with E-state index < -0.39 is 77.8 Å².